The summed E-state index contributed by atoms with van der Waals surface area (Å²) in [5.74, 6) is 0.206. The van der Waals surface area contributed by atoms with E-state index < -0.39 is 0 Å². The molecule has 1 aromatic heterocycles. The number of hydrogen-bond donors (Lipinski definition) is 2. The van der Waals surface area contributed by atoms with Crippen molar-refractivity contribution in [2.24, 2.45) is 0 Å². The minimum atomic E-state index is 0.206. The Morgan fingerprint density at radius 2 is 2.10 bits per heavy atom. The number of aromatic nitrogens is 1. The molecule has 0 aliphatic carbocycles. The van der Waals surface area contributed by atoms with Crippen LogP contribution >= 0.6 is 11.6 Å². The van der Waals surface area contributed by atoms with Crippen LogP contribution in [0.15, 0.2) is 24.4 Å². The first-order chi connectivity index (χ1) is 10.2. The number of amides is 1. The fourth-order valence-electron chi connectivity index (χ4n) is 2.86. The second kappa shape index (κ2) is 6.50. The fraction of sp³-hybridized carbons (Fsp3) is 0.438. The summed E-state index contributed by atoms with van der Waals surface area (Å²) in [6.45, 7) is 2.90. The molecule has 5 heteroatoms. The summed E-state index contributed by atoms with van der Waals surface area (Å²) in [6.07, 6.45) is 5.48. The number of nitrogens with zero attached hydrogens (tertiary/aromatic N) is 1. The van der Waals surface area contributed by atoms with Gasteiger partial charge in [0, 0.05) is 41.8 Å². The number of hydrogen-bond acceptors (Lipinski definition) is 2. The van der Waals surface area contributed by atoms with Crippen LogP contribution in [-0.2, 0) is 11.3 Å². The van der Waals surface area contributed by atoms with Gasteiger partial charge in [-0.05, 0) is 37.0 Å². The van der Waals surface area contributed by atoms with E-state index in [1.165, 1.54) is 6.42 Å². The Morgan fingerprint density at radius 3 is 2.90 bits per heavy atom. The molecule has 0 saturated carbocycles. The van der Waals surface area contributed by atoms with Crippen molar-refractivity contribution in [1.29, 1.82) is 0 Å². The average Bonchev–Trinajstić information content (AvgIpc) is 2.90. The summed E-state index contributed by atoms with van der Waals surface area (Å²) in [7, 11) is 0. The number of H-pyrrole nitrogens is 1. The molecule has 0 atom stereocenters. The molecule has 1 aliphatic rings. The van der Waals surface area contributed by atoms with Gasteiger partial charge >= 0.3 is 0 Å². The predicted molar refractivity (Wildman–Crippen MR) is 85.4 cm³/mol. The van der Waals surface area contributed by atoms with Crippen LogP contribution in [0.1, 0.15) is 24.8 Å². The SMILES string of the molecule is O=C(CNCc1c[nH]c2cc(Cl)ccc12)N1CCCCC1. The molecule has 2 N–H and O–H groups in total. The lowest BCUT2D eigenvalue weighted by Crippen LogP contribution is -2.40. The van der Waals surface area contributed by atoms with Crippen molar-refractivity contribution in [2.75, 3.05) is 19.6 Å². The molecule has 1 aromatic carbocycles. The van der Waals surface area contributed by atoms with E-state index >= 15 is 0 Å². The fourth-order valence-corrected chi connectivity index (χ4v) is 3.04. The van der Waals surface area contributed by atoms with Crippen molar-refractivity contribution in [3.8, 4) is 0 Å². The van der Waals surface area contributed by atoms with Crippen LogP contribution in [0.4, 0.5) is 0 Å². The van der Waals surface area contributed by atoms with E-state index in [-0.39, 0.29) is 5.91 Å². The summed E-state index contributed by atoms with van der Waals surface area (Å²) < 4.78 is 0. The van der Waals surface area contributed by atoms with E-state index in [9.17, 15) is 4.79 Å². The van der Waals surface area contributed by atoms with Crippen LogP contribution < -0.4 is 5.32 Å². The molecular formula is C16H20ClN3O. The molecule has 2 aromatic rings. The molecule has 3 rings (SSSR count). The monoisotopic (exact) mass is 305 g/mol. The molecule has 4 nitrogen and oxygen atoms in total. The lowest BCUT2D eigenvalue weighted by Gasteiger charge is -2.26. The quantitative estimate of drug-likeness (QED) is 0.912. The number of fused-ring (bicyclic) bond motifs is 1. The van der Waals surface area contributed by atoms with Gasteiger partial charge in [0.15, 0.2) is 0 Å². The van der Waals surface area contributed by atoms with Crippen LogP contribution in [0.2, 0.25) is 5.02 Å². The third kappa shape index (κ3) is 3.39. The Balaban J connectivity index is 1.55. The Labute approximate surface area is 129 Å². The predicted octanol–water partition coefficient (Wildman–Crippen LogP) is 2.92. The number of rotatable bonds is 4. The molecule has 0 radical (unpaired) electrons. The van der Waals surface area contributed by atoms with Gasteiger partial charge in [0.1, 0.15) is 0 Å². The molecule has 1 saturated heterocycles. The van der Waals surface area contributed by atoms with Gasteiger partial charge in [0.25, 0.3) is 0 Å². The van der Waals surface area contributed by atoms with Gasteiger partial charge in [-0.25, -0.2) is 0 Å². The zero-order valence-corrected chi connectivity index (χ0v) is 12.7. The maximum atomic E-state index is 12.1. The van der Waals surface area contributed by atoms with Crippen LogP contribution in [-0.4, -0.2) is 35.4 Å². The zero-order valence-electron chi connectivity index (χ0n) is 12.0. The standard InChI is InChI=1S/C16H20ClN3O/c17-13-4-5-14-12(10-19-15(14)8-13)9-18-11-16(21)20-6-2-1-3-7-20/h4-5,8,10,18-19H,1-3,6-7,9,11H2. The van der Waals surface area contributed by atoms with Gasteiger partial charge in [-0.2, -0.15) is 0 Å². The maximum Gasteiger partial charge on any atom is 0.236 e. The normalized spacial score (nSPS) is 15.6. The highest BCUT2D eigenvalue weighted by molar-refractivity contribution is 6.31. The summed E-state index contributed by atoms with van der Waals surface area (Å²) in [4.78, 5) is 17.2. The largest absolute Gasteiger partial charge is 0.361 e. The van der Waals surface area contributed by atoms with E-state index in [4.69, 9.17) is 11.6 Å². The zero-order chi connectivity index (χ0) is 14.7. The topological polar surface area (TPSA) is 48.1 Å². The Bertz CT molecular complexity index is 631. The van der Waals surface area contributed by atoms with Crippen molar-refractivity contribution in [3.05, 3.63) is 35.0 Å². The second-order valence-corrected chi connectivity index (χ2v) is 5.99. The number of piperidine rings is 1. The minimum absolute atomic E-state index is 0.206. The first-order valence-corrected chi connectivity index (χ1v) is 7.86. The molecule has 1 aliphatic heterocycles. The van der Waals surface area contributed by atoms with Crippen LogP contribution in [0.3, 0.4) is 0 Å². The van der Waals surface area contributed by atoms with Crippen LogP contribution in [0, 0.1) is 0 Å². The van der Waals surface area contributed by atoms with E-state index in [2.05, 4.69) is 10.3 Å². The van der Waals surface area contributed by atoms with Gasteiger partial charge in [-0.3, -0.25) is 4.79 Å². The summed E-state index contributed by atoms with van der Waals surface area (Å²) in [6, 6.07) is 5.82. The number of carbonyl (C=O) groups is 1. The van der Waals surface area contributed by atoms with Gasteiger partial charge in [-0.15, -0.1) is 0 Å². The number of halogens is 1. The highest BCUT2D eigenvalue weighted by atomic mass is 35.5. The lowest BCUT2D eigenvalue weighted by atomic mass is 10.1. The van der Waals surface area contributed by atoms with Gasteiger partial charge in [0.2, 0.25) is 5.91 Å². The van der Waals surface area contributed by atoms with E-state index in [1.807, 2.05) is 29.3 Å². The summed E-state index contributed by atoms with van der Waals surface area (Å²) >= 11 is 5.97. The van der Waals surface area contributed by atoms with Crippen molar-refractivity contribution >= 4 is 28.4 Å². The number of nitrogens with one attached hydrogen (secondary N) is 2. The highest BCUT2D eigenvalue weighted by Gasteiger charge is 2.15. The van der Waals surface area contributed by atoms with Crippen molar-refractivity contribution in [3.63, 3.8) is 0 Å². The third-order valence-corrected chi connectivity index (χ3v) is 4.27. The number of aromatic amines is 1. The van der Waals surface area contributed by atoms with Gasteiger partial charge in [-0.1, -0.05) is 17.7 Å². The highest BCUT2D eigenvalue weighted by Crippen LogP contribution is 2.21. The average molecular weight is 306 g/mol. The third-order valence-electron chi connectivity index (χ3n) is 4.03. The van der Waals surface area contributed by atoms with Gasteiger partial charge < -0.3 is 15.2 Å². The van der Waals surface area contributed by atoms with Crippen LogP contribution in [0.25, 0.3) is 10.9 Å². The first-order valence-electron chi connectivity index (χ1n) is 7.48. The Morgan fingerprint density at radius 1 is 1.29 bits per heavy atom. The van der Waals surface area contributed by atoms with E-state index in [1.54, 1.807) is 0 Å². The summed E-state index contributed by atoms with van der Waals surface area (Å²) in [5, 5.41) is 5.12. The second-order valence-electron chi connectivity index (χ2n) is 5.55. The molecule has 0 unspecified atom stereocenters. The first kappa shape index (κ1) is 14.4. The van der Waals surface area contributed by atoms with Crippen molar-refractivity contribution < 1.29 is 4.79 Å². The minimum Gasteiger partial charge on any atom is -0.361 e. The van der Waals surface area contributed by atoms with Crippen molar-refractivity contribution in [2.45, 2.75) is 25.8 Å². The van der Waals surface area contributed by atoms with E-state index in [0.29, 0.717) is 13.1 Å². The molecule has 0 spiro atoms. The molecule has 21 heavy (non-hydrogen) atoms. The van der Waals surface area contributed by atoms with Gasteiger partial charge in [0.05, 0.1) is 6.54 Å². The number of benzene rings is 1. The number of carbonyl (C=O) groups excluding carboxylic acids is 1. The maximum absolute atomic E-state index is 12.1. The molecule has 112 valence electrons. The Hall–Kier alpha value is -1.52. The lowest BCUT2D eigenvalue weighted by molar-refractivity contribution is -0.131. The van der Waals surface area contributed by atoms with E-state index in [0.717, 1.165) is 47.4 Å². The molecule has 2 heterocycles. The smallest absolute Gasteiger partial charge is 0.236 e. The van der Waals surface area contributed by atoms with Crippen molar-refractivity contribution in [1.82, 2.24) is 15.2 Å². The molecule has 1 amide bonds. The molecule has 1 fully saturated rings. The Kier molecular flexibility index (Phi) is 4.46. The molecular weight excluding hydrogens is 286 g/mol. The molecule has 0 bridgehead atoms. The number of likely N-dealkylation sites (tertiary alicyclic amines) is 1. The summed E-state index contributed by atoms with van der Waals surface area (Å²) in [5.41, 5.74) is 2.19. The van der Waals surface area contributed by atoms with Crippen LogP contribution in [0.5, 0.6) is 0 Å².